The topological polar surface area (TPSA) is 75.7 Å². The van der Waals surface area contributed by atoms with Gasteiger partial charge < -0.3 is 9.64 Å². The van der Waals surface area contributed by atoms with Crippen molar-refractivity contribution < 1.29 is 17.9 Å². The third kappa shape index (κ3) is 5.38. The third-order valence-corrected chi connectivity index (χ3v) is 4.77. The fourth-order valence-electron chi connectivity index (χ4n) is 2.04. The number of rotatable bonds is 7. The third-order valence-electron chi connectivity index (χ3n) is 3.33. The van der Waals surface area contributed by atoms with E-state index in [1.807, 2.05) is 20.8 Å². The van der Waals surface area contributed by atoms with Crippen LogP contribution in [0.2, 0.25) is 0 Å². The summed E-state index contributed by atoms with van der Waals surface area (Å²) in [5.41, 5.74) is 0. The molecule has 1 N–H and O–H groups in total. The van der Waals surface area contributed by atoms with Crippen molar-refractivity contribution in [3.05, 3.63) is 0 Å². The van der Waals surface area contributed by atoms with Crippen LogP contribution in [0.4, 0.5) is 0 Å². The van der Waals surface area contributed by atoms with Crippen LogP contribution < -0.4 is 4.72 Å². The molecule has 0 aliphatic carbocycles. The zero-order valence-electron chi connectivity index (χ0n) is 12.6. The first-order chi connectivity index (χ1) is 9.37. The van der Waals surface area contributed by atoms with Crippen molar-refractivity contribution in [3.63, 3.8) is 0 Å². The fraction of sp³-hybridized carbons (Fsp3) is 0.923. The SMILES string of the molecule is CCCCS(=O)(=O)N[C@@H](C(=O)N1CCOCC1)C(C)C. The summed E-state index contributed by atoms with van der Waals surface area (Å²) in [6, 6.07) is -0.685. The highest BCUT2D eigenvalue weighted by atomic mass is 32.2. The van der Waals surface area contributed by atoms with E-state index >= 15 is 0 Å². The maximum atomic E-state index is 12.4. The summed E-state index contributed by atoms with van der Waals surface area (Å²) in [5.74, 6) is -0.159. The van der Waals surface area contributed by atoms with Crippen LogP contribution in [-0.4, -0.2) is 57.3 Å². The van der Waals surface area contributed by atoms with E-state index in [9.17, 15) is 13.2 Å². The van der Waals surface area contributed by atoms with E-state index in [4.69, 9.17) is 4.74 Å². The first-order valence-electron chi connectivity index (χ1n) is 7.24. The van der Waals surface area contributed by atoms with Crippen LogP contribution in [-0.2, 0) is 19.6 Å². The molecule has 0 bridgehead atoms. The summed E-state index contributed by atoms with van der Waals surface area (Å²) in [4.78, 5) is 14.1. The van der Waals surface area contributed by atoms with Crippen LogP contribution >= 0.6 is 0 Å². The Labute approximate surface area is 121 Å². The molecule has 1 heterocycles. The van der Waals surface area contributed by atoms with Crippen molar-refractivity contribution >= 4 is 15.9 Å². The molecule has 0 aromatic rings. The monoisotopic (exact) mass is 306 g/mol. The Kier molecular flexibility index (Phi) is 6.91. The molecule has 1 rings (SSSR count). The van der Waals surface area contributed by atoms with E-state index in [2.05, 4.69) is 4.72 Å². The molecule has 7 heteroatoms. The fourth-order valence-corrected chi connectivity index (χ4v) is 3.59. The van der Waals surface area contributed by atoms with E-state index in [0.29, 0.717) is 32.7 Å². The number of ether oxygens (including phenoxy) is 1. The number of carbonyl (C=O) groups excluding carboxylic acids is 1. The molecule has 1 atom stereocenters. The van der Waals surface area contributed by atoms with Crippen molar-refractivity contribution in [1.29, 1.82) is 0 Å². The van der Waals surface area contributed by atoms with Crippen molar-refractivity contribution in [2.75, 3.05) is 32.1 Å². The van der Waals surface area contributed by atoms with E-state index in [1.54, 1.807) is 4.90 Å². The molecular formula is C13H26N2O4S. The van der Waals surface area contributed by atoms with Crippen LogP contribution in [0.3, 0.4) is 0 Å². The number of carbonyl (C=O) groups is 1. The van der Waals surface area contributed by atoms with Gasteiger partial charge >= 0.3 is 0 Å². The molecule has 0 saturated carbocycles. The highest BCUT2D eigenvalue weighted by molar-refractivity contribution is 7.89. The second-order valence-corrected chi connectivity index (χ2v) is 7.32. The number of unbranched alkanes of at least 4 members (excludes halogenated alkanes) is 1. The van der Waals surface area contributed by atoms with Gasteiger partial charge in [-0.25, -0.2) is 13.1 Å². The molecule has 0 spiro atoms. The van der Waals surface area contributed by atoms with Crippen LogP contribution in [0, 0.1) is 5.92 Å². The summed E-state index contributed by atoms with van der Waals surface area (Å²) < 4.78 is 31.7. The van der Waals surface area contributed by atoms with Gasteiger partial charge in [0.15, 0.2) is 0 Å². The van der Waals surface area contributed by atoms with Gasteiger partial charge in [0.25, 0.3) is 0 Å². The van der Waals surface area contributed by atoms with Gasteiger partial charge in [-0.15, -0.1) is 0 Å². The minimum atomic E-state index is -3.40. The second kappa shape index (κ2) is 7.95. The predicted molar refractivity (Wildman–Crippen MR) is 77.9 cm³/mol. The summed E-state index contributed by atoms with van der Waals surface area (Å²) in [7, 11) is -3.40. The molecule has 0 aromatic heterocycles. The normalized spacial score (nSPS) is 18.3. The van der Waals surface area contributed by atoms with Crippen LogP contribution in [0.25, 0.3) is 0 Å². The van der Waals surface area contributed by atoms with Crippen LogP contribution in [0.15, 0.2) is 0 Å². The van der Waals surface area contributed by atoms with E-state index in [0.717, 1.165) is 6.42 Å². The molecule has 1 aliphatic rings. The predicted octanol–water partition coefficient (Wildman–Crippen LogP) is 0.589. The molecule has 1 fully saturated rings. The van der Waals surface area contributed by atoms with Gasteiger partial charge in [-0.2, -0.15) is 0 Å². The van der Waals surface area contributed by atoms with Gasteiger partial charge in [0.2, 0.25) is 15.9 Å². The van der Waals surface area contributed by atoms with Crippen LogP contribution in [0.1, 0.15) is 33.6 Å². The van der Waals surface area contributed by atoms with Crippen molar-refractivity contribution in [2.45, 2.75) is 39.7 Å². The smallest absolute Gasteiger partial charge is 0.241 e. The molecule has 1 saturated heterocycles. The summed E-state index contributed by atoms with van der Waals surface area (Å²) in [6.07, 6.45) is 1.41. The Hall–Kier alpha value is -0.660. The van der Waals surface area contributed by atoms with Crippen molar-refractivity contribution in [3.8, 4) is 0 Å². The maximum absolute atomic E-state index is 12.4. The van der Waals surface area contributed by atoms with Crippen molar-refractivity contribution in [2.24, 2.45) is 5.92 Å². The van der Waals surface area contributed by atoms with Gasteiger partial charge in [0.1, 0.15) is 6.04 Å². The number of morpholine rings is 1. The Bertz CT molecular complexity index is 403. The minimum Gasteiger partial charge on any atom is -0.378 e. The number of hydrogen-bond donors (Lipinski definition) is 1. The number of sulfonamides is 1. The average molecular weight is 306 g/mol. The lowest BCUT2D eigenvalue weighted by molar-refractivity contribution is -0.138. The van der Waals surface area contributed by atoms with E-state index in [1.165, 1.54) is 0 Å². The highest BCUT2D eigenvalue weighted by Crippen LogP contribution is 2.10. The quantitative estimate of drug-likeness (QED) is 0.747. The Morgan fingerprint density at radius 1 is 1.30 bits per heavy atom. The van der Waals surface area contributed by atoms with E-state index < -0.39 is 16.1 Å². The number of hydrogen-bond acceptors (Lipinski definition) is 4. The largest absolute Gasteiger partial charge is 0.378 e. The average Bonchev–Trinajstić information content (AvgIpc) is 2.43. The standard InChI is InChI=1S/C13H26N2O4S/c1-4-5-10-20(17,18)14-12(11(2)3)13(16)15-6-8-19-9-7-15/h11-12,14H,4-10H2,1-3H3/t12-/m1/s1. The van der Waals surface area contributed by atoms with Crippen molar-refractivity contribution in [1.82, 2.24) is 9.62 Å². The Balaban J connectivity index is 2.70. The molecule has 0 unspecified atom stereocenters. The molecule has 0 aromatic carbocycles. The molecule has 20 heavy (non-hydrogen) atoms. The summed E-state index contributed by atoms with van der Waals surface area (Å²) >= 11 is 0. The first kappa shape index (κ1) is 17.4. The molecular weight excluding hydrogens is 280 g/mol. The summed E-state index contributed by atoms with van der Waals surface area (Å²) in [6.45, 7) is 7.72. The number of nitrogens with one attached hydrogen (secondary N) is 1. The molecule has 118 valence electrons. The first-order valence-corrected chi connectivity index (χ1v) is 8.89. The van der Waals surface area contributed by atoms with Gasteiger partial charge in [-0.05, 0) is 12.3 Å². The maximum Gasteiger partial charge on any atom is 0.241 e. The molecule has 0 radical (unpaired) electrons. The van der Waals surface area contributed by atoms with Gasteiger partial charge in [-0.3, -0.25) is 4.79 Å². The van der Waals surface area contributed by atoms with Gasteiger partial charge in [0.05, 0.1) is 19.0 Å². The second-order valence-electron chi connectivity index (χ2n) is 5.45. The molecule has 6 nitrogen and oxygen atoms in total. The lowest BCUT2D eigenvalue weighted by Crippen LogP contribution is -2.54. The van der Waals surface area contributed by atoms with Gasteiger partial charge in [0, 0.05) is 13.1 Å². The van der Waals surface area contributed by atoms with Gasteiger partial charge in [-0.1, -0.05) is 27.2 Å². The lowest BCUT2D eigenvalue weighted by Gasteiger charge is -2.32. The Morgan fingerprint density at radius 2 is 1.90 bits per heavy atom. The number of nitrogens with zero attached hydrogens (tertiary/aromatic N) is 1. The zero-order valence-corrected chi connectivity index (χ0v) is 13.4. The van der Waals surface area contributed by atoms with E-state index in [-0.39, 0.29) is 17.6 Å². The summed E-state index contributed by atoms with van der Waals surface area (Å²) in [5, 5.41) is 0. The number of amides is 1. The lowest BCUT2D eigenvalue weighted by atomic mass is 10.0. The van der Waals surface area contributed by atoms with Crippen LogP contribution in [0.5, 0.6) is 0 Å². The molecule has 1 amide bonds. The molecule has 1 aliphatic heterocycles. The Morgan fingerprint density at radius 3 is 2.40 bits per heavy atom. The zero-order chi connectivity index (χ0) is 15.2. The highest BCUT2D eigenvalue weighted by Gasteiger charge is 2.31. The minimum absolute atomic E-state index is 0.0725.